The zero-order chi connectivity index (χ0) is 12.0. The zero-order valence-corrected chi connectivity index (χ0v) is 8.80. The molecule has 0 fully saturated rings. The van der Waals surface area contributed by atoms with Crippen molar-refractivity contribution in [2.75, 3.05) is 20.3 Å². The van der Waals surface area contributed by atoms with Gasteiger partial charge < -0.3 is 14.6 Å². The lowest BCUT2D eigenvalue weighted by molar-refractivity contribution is -0.141. The molecule has 0 aromatic heterocycles. The molecule has 0 atom stereocenters. The van der Waals surface area contributed by atoms with Crippen molar-refractivity contribution in [3.63, 3.8) is 0 Å². The summed E-state index contributed by atoms with van der Waals surface area (Å²) in [6.45, 7) is -0.708. The molecule has 0 heterocycles. The normalized spacial score (nSPS) is 9.81. The average Bonchev–Trinajstić information content (AvgIpc) is 2.28. The SMILES string of the molecule is COc1ccc(C(=O)COCC(=O)O)cc1. The zero-order valence-electron chi connectivity index (χ0n) is 8.80. The van der Waals surface area contributed by atoms with Gasteiger partial charge in [-0.1, -0.05) is 0 Å². The number of carbonyl (C=O) groups excluding carboxylic acids is 1. The molecule has 1 rings (SSSR count). The van der Waals surface area contributed by atoms with Crippen LogP contribution in [0.4, 0.5) is 0 Å². The minimum Gasteiger partial charge on any atom is -0.497 e. The van der Waals surface area contributed by atoms with Crippen molar-refractivity contribution in [1.82, 2.24) is 0 Å². The summed E-state index contributed by atoms with van der Waals surface area (Å²) in [4.78, 5) is 21.6. The predicted octanol–water partition coefficient (Wildman–Crippen LogP) is 0.979. The van der Waals surface area contributed by atoms with Gasteiger partial charge in [-0.2, -0.15) is 0 Å². The lowest BCUT2D eigenvalue weighted by Gasteiger charge is -2.03. The first-order valence-electron chi connectivity index (χ1n) is 4.60. The maximum atomic E-state index is 11.5. The minimum absolute atomic E-state index is 0.237. The van der Waals surface area contributed by atoms with E-state index >= 15 is 0 Å². The topological polar surface area (TPSA) is 72.8 Å². The number of rotatable bonds is 6. The quantitative estimate of drug-likeness (QED) is 0.729. The molecule has 86 valence electrons. The van der Waals surface area contributed by atoms with Crippen LogP contribution in [-0.2, 0) is 9.53 Å². The van der Waals surface area contributed by atoms with Crippen LogP contribution in [0.1, 0.15) is 10.4 Å². The summed E-state index contributed by atoms with van der Waals surface area (Å²) in [6.07, 6.45) is 0. The third-order valence-electron chi connectivity index (χ3n) is 1.87. The van der Waals surface area contributed by atoms with Gasteiger partial charge in [0.15, 0.2) is 5.78 Å². The molecular formula is C11H12O5. The summed E-state index contributed by atoms with van der Waals surface area (Å²) >= 11 is 0. The van der Waals surface area contributed by atoms with Crippen molar-refractivity contribution in [2.45, 2.75) is 0 Å². The van der Waals surface area contributed by atoms with Gasteiger partial charge in [0.1, 0.15) is 19.0 Å². The van der Waals surface area contributed by atoms with E-state index < -0.39 is 12.6 Å². The molecule has 5 heteroatoms. The van der Waals surface area contributed by atoms with E-state index in [0.717, 1.165) is 0 Å². The molecule has 0 aliphatic carbocycles. The second-order valence-electron chi connectivity index (χ2n) is 3.04. The molecule has 0 saturated heterocycles. The third-order valence-corrected chi connectivity index (χ3v) is 1.87. The lowest BCUT2D eigenvalue weighted by atomic mass is 10.1. The summed E-state index contributed by atoms with van der Waals surface area (Å²) in [7, 11) is 1.53. The highest BCUT2D eigenvalue weighted by Gasteiger charge is 2.07. The van der Waals surface area contributed by atoms with Gasteiger partial charge in [-0.3, -0.25) is 4.79 Å². The number of Topliss-reactive ketones (excluding diaryl/α,β-unsaturated/α-hetero) is 1. The number of carboxylic acids is 1. The summed E-state index contributed by atoms with van der Waals surface area (Å²) in [5, 5.41) is 8.31. The molecule has 0 unspecified atom stereocenters. The van der Waals surface area contributed by atoms with Crippen LogP contribution in [0.2, 0.25) is 0 Å². The van der Waals surface area contributed by atoms with Gasteiger partial charge in [0.05, 0.1) is 7.11 Å². The number of benzene rings is 1. The van der Waals surface area contributed by atoms with Crippen molar-refractivity contribution >= 4 is 11.8 Å². The van der Waals surface area contributed by atoms with Crippen molar-refractivity contribution < 1.29 is 24.2 Å². The Balaban J connectivity index is 2.49. The Hall–Kier alpha value is -1.88. The van der Waals surface area contributed by atoms with Gasteiger partial charge in [0, 0.05) is 5.56 Å². The largest absolute Gasteiger partial charge is 0.497 e. The van der Waals surface area contributed by atoms with Crippen LogP contribution >= 0.6 is 0 Å². The van der Waals surface area contributed by atoms with Gasteiger partial charge >= 0.3 is 5.97 Å². The molecule has 16 heavy (non-hydrogen) atoms. The van der Waals surface area contributed by atoms with E-state index in [4.69, 9.17) is 9.84 Å². The van der Waals surface area contributed by atoms with E-state index in [0.29, 0.717) is 11.3 Å². The van der Waals surface area contributed by atoms with Crippen LogP contribution in [0.3, 0.4) is 0 Å². The van der Waals surface area contributed by atoms with Gasteiger partial charge in [0.25, 0.3) is 0 Å². The molecule has 1 aromatic carbocycles. The molecule has 5 nitrogen and oxygen atoms in total. The number of hydrogen-bond donors (Lipinski definition) is 1. The Labute approximate surface area is 92.6 Å². The molecule has 0 aliphatic heterocycles. The van der Waals surface area contributed by atoms with E-state index in [1.807, 2.05) is 0 Å². The molecule has 0 spiro atoms. The summed E-state index contributed by atoms with van der Waals surface area (Å²) in [5.74, 6) is -0.700. The standard InChI is InChI=1S/C11H12O5/c1-15-9-4-2-8(3-5-9)10(12)6-16-7-11(13)14/h2-5H,6-7H2,1H3,(H,13,14). The van der Waals surface area contributed by atoms with Gasteiger partial charge in [-0.05, 0) is 24.3 Å². The van der Waals surface area contributed by atoms with Crippen LogP contribution in [0.15, 0.2) is 24.3 Å². The van der Waals surface area contributed by atoms with Gasteiger partial charge in [-0.15, -0.1) is 0 Å². The molecule has 0 saturated carbocycles. The molecule has 0 amide bonds. The first kappa shape index (κ1) is 12.2. The number of carbonyl (C=O) groups is 2. The number of hydrogen-bond acceptors (Lipinski definition) is 4. The summed E-state index contributed by atoms with van der Waals surface area (Å²) in [5.41, 5.74) is 0.464. The number of aliphatic carboxylic acids is 1. The number of ether oxygens (including phenoxy) is 2. The van der Waals surface area contributed by atoms with Crippen molar-refractivity contribution in [1.29, 1.82) is 0 Å². The molecular weight excluding hydrogens is 212 g/mol. The highest BCUT2D eigenvalue weighted by Crippen LogP contribution is 2.11. The van der Waals surface area contributed by atoms with Crippen molar-refractivity contribution in [3.05, 3.63) is 29.8 Å². The number of carboxylic acid groups (broad SMARTS) is 1. The molecule has 1 aromatic rings. The monoisotopic (exact) mass is 224 g/mol. The van der Waals surface area contributed by atoms with E-state index in [1.165, 1.54) is 7.11 Å². The summed E-state index contributed by atoms with van der Waals surface area (Å²) < 4.78 is 9.63. The van der Waals surface area contributed by atoms with Gasteiger partial charge in [-0.25, -0.2) is 4.79 Å². The first-order valence-corrected chi connectivity index (χ1v) is 4.60. The van der Waals surface area contributed by atoms with Crippen LogP contribution in [0.5, 0.6) is 5.75 Å². The Morgan fingerprint density at radius 3 is 2.31 bits per heavy atom. The maximum Gasteiger partial charge on any atom is 0.329 e. The van der Waals surface area contributed by atoms with E-state index in [9.17, 15) is 9.59 Å². The van der Waals surface area contributed by atoms with Gasteiger partial charge in [0.2, 0.25) is 0 Å². The van der Waals surface area contributed by atoms with E-state index in [1.54, 1.807) is 24.3 Å². The molecule has 0 radical (unpaired) electrons. The van der Waals surface area contributed by atoms with E-state index in [2.05, 4.69) is 4.74 Å². The fourth-order valence-electron chi connectivity index (χ4n) is 1.09. The van der Waals surface area contributed by atoms with Crippen LogP contribution < -0.4 is 4.74 Å². The lowest BCUT2D eigenvalue weighted by Crippen LogP contribution is -2.14. The predicted molar refractivity (Wildman–Crippen MR) is 55.8 cm³/mol. The van der Waals surface area contributed by atoms with Crippen molar-refractivity contribution in [3.8, 4) is 5.75 Å². The van der Waals surface area contributed by atoms with Crippen LogP contribution in [-0.4, -0.2) is 37.2 Å². The number of methoxy groups -OCH3 is 1. The van der Waals surface area contributed by atoms with Crippen LogP contribution in [0, 0.1) is 0 Å². The Morgan fingerprint density at radius 2 is 1.81 bits per heavy atom. The summed E-state index contributed by atoms with van der Waals surface area (Å²) in [6, 6.07) is 6.52. The Bertz CT molecular complexity index is 368. The fraction of sp³-hybridized carbons (Fsp3) is 0.273. The van der Waals surface area contributed by atoms with Crippen LogP contribution in [0.25, 0.3) is 0 Å². The Kier molecular flexibility index (Phi) is 4.47. The first-order chi connectivity index (χ1) is 7.63. The second kappa shape index (κ2) is 5.87. The third kappa shape index (κ3) is 3.70. The molecule has 1 N–H and O–H groups in total. The fourth-order valence-corrected chi connectivity index (χ4v) is 1.09. The maximum absolute atomic E-state index is 11.5. The number of ketones is 1. The molecule has 0 bridgehead atoms. The Morgan fingerprint density at radius 1 is 1.19 bits per heavy atom. The highest BCUT2D eigenvalue weighted by molar-refractivity contribution is 5.97. The second-order valence-corrected chi connectivity index (χ2v) is 3.04. The minimum atomic E-state index is -1.09. The molecule has 0 aliphatic rings. The van der Waals surface area contributed by atoms with E-state index in [-0.39, 0.29) is 12.4 Å². The highest BCUT2D eigenvalue weighted by atomic mass is 16.5. The smallest absolute Gasteiger partial charge is 0.329 e. The van der Waals surface area contributed by atoms with Crippen molar-refractivity contribution in [2.24, 2.45) is 0 Å². The average molecular weight is 224 g/mol.